The highest BCUT2D eigenvalue weighted by atomic mass is 35.5. The van der Waals surface area contributed by atoms with Gasteiger partial charge in [-0.15, -0.1) is 0 Å². The number of carbonyl (C=O) groups is 1. The average molecular weight is 283 g/mol. The highest BCUT2D eigenvalue weighted by Crippen LogP contribution is 2.09. The fraction of sp³-hybridized carbons (Fsp3) is 0.300. The van der Waals surface area contributed by atoms with Crippen LogP contribution in [0, 0.1) is 0 Å². The quantitative estimate of drug-likeness (QED) is 0.806. The van der Waals surface area contributed by atoms with E-state index in [-0.39, 0.29) is 23.6 Å². The second-order valence-electron chi connectivity index (χ2n) is 3.45. The SMILES string of the molecule is COC(=O)CCNc1nc(Cl)nc(-n2ccnc2)n1. The molecule has 0 aromatic carbocycles. The molecule has 100 valence electrons. The van der Waals surface area contributed by atoms with E-state index in [2.05, 4.69) is 30.0 Å². The number of imidazole rings is 1. The van der Waals surface area contributed by atoms with E-state index < -0.39 is 0 Å². The molecule has 0 aliphatic heterocycles. The molecule has 0 spiro atoms. The number of nitrogens with zero attached hydrogens (tertiary/aromatic N) is 5. The molecule has 0 saturated carbocycles. The first-order valence-electron chi connectivity index (χ1n) is 5.39. The standard InChI is InChI=1S/C10H11ClN6O2/c1-19-7(18)2-3-13-9-14-8(11)15-10(16-9)17-5-4-12-6-17/h4-6H,2-3H2,1H3,(H,13,14,15,16). The predicted molar refractivity (Wildman–Crippen MR) is 67.1 cm³/mol. The minimum atomic E-state index is -0.317. The van der Waals surface area contributed by atoms with Gasteiger partial charge >= 0.3 is 5.97 Å². The van der Waals surface area contributed by atoms with Crippen molar-refractivity contribution in [2.24, 2.45) is 0 Å². The number of esters is 1. The van der Waals surface area contributed by atoms with Crippen LogP contribution >= 0.6 is 11.6 Å². The summed E-state index contributed by atoms with van der Waals surface area (Å²) in [6.07, 6.45) is 5.04. The molecule has 0 radical (unpaired) electrons. The van der Waals surface area contributed by atoms with E-state index in [9.17, 15) is 4.79 Å². The Kier molecular flexibility index (Phi) is 4.24. The Hall–Kier alpha value is -2.22. The van der Waals surface area contributed by atoms with E-state index in [0.717, 1.165) is 0 Å². The van der Waals surface area contributed by atoms with Crippen LogP contribution < -0.4 is 5.32 Å². The molecule has 2 heterocycles. The first kappa shape index (κ1) is 13.2. The van der Waals surface area contributed by atoms with Gasteiger partial charge in [0.05, 0.1) is 13.5 Å². The molecule has 0 bridgehead atoms. The number of rotatable bonds is 5. The second kappa shape index (κ2) is 6.10. The third-order valence-electron chi connectivity index (χ3n) is 2.17. The predicted octanol–water partition coefficient (Wildman–Crippen LogP) is 0.686. The van der Waals surface area contributed by atoms with E-state index >= 15 is 0 Å². The molecule has 8 nitrogen and oxygen atoms in total. The molecule has 19 heavy (non-hydrogen) atoms. The zero-order chi connectivity index (χ0) is 13.7. The van der Waals surface area contributed by atoms with Crippen LogP contribution in [0.15, 0.2) is 18.7 Å². The monoisotopic (exact) mass is 282 g/mol. The van der Waals surface area contributed by atoms with Crippen LogP contribution in [-0.4, -0.2) is 44.1 Å². The van der Waals surface area contributed by atoms with Gasteiger partial charge in [-0.05, 0) is 11.6 Å². The molecule has 2 aromatic heterocycles. The fourth-order valence-corrected chi connectivity index (χ4v) is 1.45. The van der Waals surface area contributed by atoms with Crippen molar-refractivity contribution in [3.8, 4) is 5.95 Å². The van der Waals surface area contributed by atoms with Gasteiger partial charge in [-0.2, -0.15) is 15.0 Å². The Balaban J connectivity index is 2.07. The van der Waals surface area contributed by atoms with Crippen molar-refractivity contribution in [1.29, 1.82) is 0 Å². The van der Waals surface area contributed by atoms with Crippen molar-refractivity contribution in [1.82, 2.24) is 24.5 Å². The molecule has 0 saturated heterocycles. The number of ether oxygens (including phenoxy) is 1. The Morgan fingerprint density at radius 2 is 2.32 bits per heavy atom. The van der Waals surface area contributed by atoms with Gasteiger partial charge in [0.2, 0.25) is 17.2 Å². The van der Waals surface area contributed by atoms with Gasteiger partial charge in [-0.25, -0.2) is 4.98 Å². The zero-order valence-corrected chi connectivity index (χ0v) is 10.8. The molecular weight excluding hydrogens is 272 g/mol. The van der Waals surface area contributed by atoms with Crippen molar-refractivity contribution < 1.29 is 9.53 Å². The van der Waals surface area contributed by atoms with Crippen LogP contribution in [0.25, 0.3) is 5.95 Å². The van der Waals surface area contributed by atoms with Crippen LogP contribution in [0.3, 0.4) is 0 Å². The molecule has 1 N–H and O–H groups in total. The molecular formula is C10H11ClN6O2. The first-order valence-corrected chi connectivity index (χ1v) is 5.77. The van der Waals surface area contributed by atoms with Gasteiger partial charge in [-0.1, -0.05) is 0 Å². The summed E-state index contributed by atoms with van der Waals surface area (Å²) in [7, 11) is 1.33. The van der Waals surface area contributed by atoms with Crippen LogP contribution in [0.4, 0.5) is 5.95 Å². The molecule has 2 rings (SSSR count). The summed E-state index contributed by atoms with van der Waals surface area (Å²) in [4.78, 5) is 26.9. The van der Waals surface area contributed by atoms with Crippen LogP contribution in [0.2, 0.25) is 5.28 Å². The third-order valence-corrected chi connectivity index (χ3v) is 2.34. The molecule has 0 aliphatic carbocycles. The normalized spacial score (nSPS) is 10.2. The maximum Gasteiger partial charge on any atom is 0.307 e. The number of halogens is 1. The van der Waals surface area contributed by atoms with E-state index in [1.165, 1.54) is 7.11 Å². The number of nitrogens with one attached hydrogen (secondary N) is 1. The van der Waals surface area contributed by atoms with Crippen molar-refractivity contribution in [2.45, 2.75) is 6.42 Å². The van der Waals surface area contributed by atoms with Crippen LogP contribution in [0.1, 0.15) is 6.42 Å². The number of anilines is 1. The molecule has 0 unspecified atom stereocenters. The van der Waals surface area contributed by atoms with Gasteiger partial charge in [0.15, 0.2) is 0 Å². The highest BCUT2D eigenvalue weighted by Gasteiger charge is 2.07. The van der Waals surface area contributed by atoms with E-state index in [1.807, 2.05) is 0 Å². The zero-order valence-electron chi connectivity index (χ0n) is 10.1. The number of aromatic nitrogens is 5. The lowest BCUT2D eigenvalue weighted by molar-refractivity contribution is -0.140. The fourth-order valence-electron chi connectivity index (χ4n) is 1.29. The van der Waals surface area contributed by atoms with Gasteiger partial charge in [0, 0.05) is 18.9 Å². The number of methoxy groups -OCH3 is 1. The summed E-state index contributed by atoms with van der Waals surface area (Å²) in [6.45, 7) is 0.344. The van der Waals surface area contributed by atoms with Gasteiger partial charge in [0.25, 0.3) is 0 Å². The van der Waals surface area contributed by atoms with E-state index in [0.29, 0.717) is 12.5 Å². The Morgan fingerprint density at radius 3 is 3.00 bits per heavy atom. The summed E-state index contributed by atoms with van der Waals surface area (Å²) in [5, 5.41) is 2.93. The van der Waals surface area contributed by atoms with E-state index in [4.69, 9.17) is 11.6 Å². The summed E-state index contributed by atoms with van der Waals surface area (Å²) in [6, 6.07) is 0. The molecule has 0 fully saturated rings. The Labute approximate surface area is 113 Å². The lowest BCUT2D eigenvalue weighted by atomic mass is 10.4. The van der Waals surface area contributed by atoms with Crippen molar-refractivity contribution in [2.75, 3.05) is 19.0 Å². The number of carbonyl (C=O) groups excluding carboxylic acids is 1. The minimum Gasteiger partial charge on any atom is -0.469 e. The van der Waals surface area contributed by atoms with Crippen molar-refractivity contribution >= 4 is 23.5 Å². The first-order chi connectivity index (χ1) is 9.19. The van der Waals surface area contributed by atoms with E-state index in [1.54, 1.807) is 23.3 Å². The summed E-state index contributed by atoms with van der Waals surface area (Å²) in [5.41, 5.74) is 0. The van der Waals surface area contributed by atoms with Gasteiger partial charge in [-0.3, -0.25) is 9.36 Å². The maximum absolute atomic E-state index is 11.0. The lowest BCUT2D eigenvalue weighted by Gasteiger charge is -2.06. The molecule has 0 aliphatic rings. The number of hydrogen-bond donors (Lipinski definition) is 1. The Morgan fingerprint density at radius 1 is 1.47 bits per heavy atom. The Bertz CT molecular complexity index is 559. The molecule has 0 atom stereocenters. The molecule has 0 amide bonds. The second-order valence-corrected chi connectivity index (χ2v) is 3.79. The third kappa shape index (κ3) is 3.62. The number of hydrogen-bond acceptors (Lipinski definition) is 7. The van der Waals surface area contributed by atoms with Gasteiger partial charge in [0.1, 0.15) is 6.33 Å². The molecule has 9 heteroatoms. The summed E-state index contributed by atoms with van der Waals surface area (Å²) < 4.78 is 6.12. The average Bonchev–Trinajstić information content (AvgIpc) is 2.91. The van der Waals surface area contributed by atoms with Crippen molar-refractivity contribution in [3.63, 3.8) is 0 Å². The highest BCUT2D eigenvalue weighted by molar-refractivity contribution is 6.28. The lowest BCUT2D eigenvalue weighted by Crippen LogP contribution is -2.13. The van der Waals surface area contributed by atoms with Crippen LogP contribution in [-0.2, 0) is 9.53 Å². The smallest absolute Gasteiger partial charge is 0.307 e. The van der Waals surface area contributed by atoms with Gasteiger partial charge < -0.3 is 10.1 Å². The minimum absolute atomic E-state index is 0.0549. The van der Waals surface area contributed by atoms with Crippen molar-refractivity contribution in [3.05, 3.63) is 24.0 Å². The van der Waals surface area contributed by atoms with Crippen LogP contribution in [0.5, 0.6) is 0 Å². The maximum atomic E-state index is 11.0. The topological polar surface area (TPSA) is 94.8 Å². The molecule has 2 aromatic rings. The largest absolute Gasteiger partial charge is 0.469 e. The summed E-state index contributed by atoms with van der Waals surface area (Å²) in [5.74, 6) is 0.313. The summed E-state index contributed by atoms with van der Waals surface area (Å²) >= 11 is 5.81.